The summed E-state index contributed by atoms with van der Waals surface area (Å²) >= 11 is 0. The third-order valence-corrected chi connectivity index (χ3v) is 0.992. The average molecular weight is 308 g/mol. The first kappa shape index (κ1) is 18.0. The second-order valence-electron chi connectivity index (χ2n) is 1.23. The van der Waals surface area contributed by atoms with Crippen LogP contribution < -0.4 is 0 Å². The van der Waals surface area contributed by atoms with Gasteiger partial charge in [-0.15, -0.1) is 0 Å². The fraction of sp³-hybridized carbons (Fsp3) is 0.667. The Kier molecular flexibility index (Phi) is 15.1. The summed E-state index contributed by atoms with van der Waals surface area (Å²) in [5.41, 5.74) is 0. The molecule has 64 valence electrons. The van der Waals surface area contributed by atoms with Crippen molar-refractivity contribution in [2.45, 2.75) is 6.42 Å². The predicted octanol–water partition coefficient (Wildman–Crippen LogP) is -0.971. The van der Waals surface area contributed by atoms with Crippen LogP contribution in [0.3, 0.4) is 0 Å². The third kappa shape index (κ3) is 18.3. The zero-order valence-electron chi connectivity index (χ0n) is 7.73. The molecule has 0 unspecified atom stereocenters. The van der Waals surface area contributed by atoms with Crippen LogP contribution in [-0.2, 0) is 9.09 Å². The molecular weight excluding hydrogens is 298 g/mol. The first-order valence-electron chi connectivity index (χ1n) is 2.13. The van der Waals surface area contributed by atoms with Gasteiger partial charge in [0, 0.05) is 0 Å². The van der Waals surface area contributed by atoms with Gasteiger partial charge in [-0.25, -0.2) is 4.57 Å². The normalized spacial score (nSPS) is 8.82. The molecular formula is C3H10BaNO5P. The summed E-state index contributed by atoms with van der Waals surface area (Å²) in [4.78, 5) is 16.0. The number of nitrogens with zero attached hydrogens (tertiary/aromatic N) is 1. The van der Waals surface area contributed by atoms with Gasteiger partial charge in [-0.2, -0.15) is 5.26 Å². The van der Waals surface area contributed by atoms with E-state index in [1.807, 2.05) is 0 Å². The minimum absolute atomic E-state index is 0. The zero-order chi connectivity index (χ0) is 7.33. The van der Waals surface area contributed by atoms with Crippen LogP contribution in [0.1, 0.15) is 9.27 Å². The van der Waals surface area contributed by atoms with Crippen molar-refractivity contribution in [3.05, 3.63) is 0 Å². The third-order valence-electron chi connectivity index (χ3n) is 0.473. The van der Waals surface area contributed by atoms with Crippen molar-refractivity contribution in [1.29, 1.82) is 5.26 Å². The Morgan fingerprint density at radius 1 is 1.64 bits per heavy atom. The van der Waals surface area contributed by atoms with Crippen LogP contribution in [0.4, 0.5) is 0 Å². The molecule has 0 saturated carbocycles. The molecule has 0 saturated heterocycles. The fourth-order valence-electron chi connectivity index (χ4n) is 0.210. The molecule has 0 fully saturated rings. The molecule has 0 bridgehead atoms. The van der Waals surface area contributed by atoms with E-state index in [1.165, 1.54) is 0 Å². The molecule has 0 aliphatic rings. The van der Waals surface area contributed by atoms with E-state index in [-0.39, 0.29) is 70.2 Å². The molecule has 6 nitrogen and oxygen atoms in total. The smallest absolute Gasteiger partial charge is 1.00 e. The van der Waals surface area contributed by atoms with Crippen LogP contribution in [0.15, 0.2) is 0 Å². The number of phosphoric acid groups is 1. The van der Waals surface area contributed by atoms with Crippen molar-refractivity contribution >= 4 is 56.7 Å². The van der Waals surface area contributed by atoms with Crippen molar-refractivity contribution < 1.29 is 27.2 Å². The van der Waals surface area contributed by atoms with Crippen LogP contribution in [0.5, 0.6) is 0 Å². The van der Waals surface area contributed by atoms with Crippen molar-refractivity contribution in [3.63, 3.8) is 0 Å². The Morgan fingerprint density at radius 3 is 2.36 bits per heavy atom. The molecule has 0 aromatic heterocycles. The maximum atomic E-state index is 9.87. The van der Waals surface area contributed by atoms with E-state index in [9.17, 15) is 4.57 Å². The Balaban J connectivity index is -0.0000000533. The van der Waals surface area contributed by atoms with Crippen LogP contribution in [-0.4, -0.2) is 70.8 Å². The molecule has 0 aliphatic heterocycles. The standard InChI is InChI=1S/C3H6NO4P.Ba.H2O.2H/c4-2-1-3-8-9(5,6)7;;;;/h1,3H2,(H2,5,6,7);;1H2;;/q;+2;;2*-1. The van der Waals surface area contributed by atoms with Crippen molar-refractivity contribution in [3.8, 4) is 6.07 Å². The number of hydrogen-bond donors (Lipinski definition) is 2. The maximum Gasteiger partial charge on any atom is 2.00 e. The van der Waals surface area contributed by atoms with Crippen LogP contribution in [0.25, 0.3) is 0 Å². The summed E-state index contributed by atoms with van der Waals surface area (Å²) in [5.74, 6) is 0. The van der Waals surface area contributed by atoms with Crippen LogP contribution >= 0.6 is 7.82 Å². The van der Waals surface area contributed by atoms with E-state index >= 15 is 0 Å². The van der Waals surface area contributed by atoms with E-state index in [1.54, 1.807) is 6.07 Å². The van der Waals surface area contributed by atoms with Gasteiger partial charge < -0.3 is 18.1 Å². The summed E-state index contributed by atoms with van der Waals surface area (Å²) < 4.78 is 13.8. The second kappa shape index (κ2) is 9.22. The quantitative estimate of drug-likeness (QED) is 0.394. The Morgan fingerprint density at radius 2 is 2.09 bits per heavy atom. The van der Waals surface area contributed by atoms with E-state index in [0.29, 0.717) is 0 Å². The van der Waals surface area contributed by atoms with Crippen LogP contribution in [0.2, 0.25) is 0 Å². The summed E-state index contributed by atoms with van der Waals surface area (Å²) in [6.07, 6.45) is -0.00882. The molecule has 0 aromatic carbocycles. The van der Waals surface area contributed by atoms with E-state index in [4.69, 9.17) is 15.0 Å². The zero-order valence-corrected chi connectivity index (χ0v) is 11.1. The first-order chi connectivity index (χ1) is 4.06. The summed E-state index contributed by atoms with van der Waals surface area (Å²) in [7, 11) is -4.35. The van der Waals surface area contributed by atoms with Crippen molar-refractivity contribution in [2.24, 2.45) is 0 Å². The average Bonchev–Trinajstić information content (AvgIpc) is 1.63. The number of nitriles is 1. The molecule has 8 heteroatoms. The van der Waals surface area contributed by atoms with Gasteiger partial charge in [0.1, 0.15) is 0 Å². The van der Waals surface area contributed by atoms with Gasteiger partial charge in [-0.1, -0.05) is 0 Å². The minimum atomic E-state index is -4.35. The van der Waals surface area contributed by atoms with E-state index in [2.05, 4.69) is 4.52 Å². The van der Waals surface area contributed by atoms with Gasteiger partial charge in [-0.05, 0) is 0 Å². The predicted molar refractivity (Wildman–Crippen MR) is 39.8 cm³/mol. The SMILES string of the molecule is N#CCCOP(=O)(O)O.O.[Ba+2].[H-].[H-]. The molecule has 4 N–H and O–H groups in total. The molecule has 0 aromatic rings. The number of rotatable bonds is 3. The molecule has 0 spiro atoms. The van der Waals surface area contributed by atoms with Crippen LogP contribution in [0, 0.1) is 11.3 Å². The minimum Gasteiger partial charge on any atom is -1.00 e. The molecule has 0 heterocycles. The first-order valence-corrected chi connectivity index (χ1v) is 3.66. The molecule has 0 rings (SSSR count). The number of hydrogen-bond acceptors (Lipinski definition) is 3. The van der Waals surface area contributed by atoms with E-state index in [0.717, 1.165) is 0 Å². The Bertz CT molecular complexity index is 170. The molecule has 0 atom stereocenters. The molecule has 0 amide bonds. The van der Waals surface area contributed by atoms with Crippen molar-refractivity contribution in [2.75, 3.05) is 6.61 Å². The van der Waals surface area contributed by atoms with E-state index < -0.39 is 7.82 Å². The summed E-state index contributed by atoms with van der Waals surface area (Å²) in [5, 5.41) is 7.88. The van der Waals surface area contributed by atoms with Gasteiger partial charge in [0.2, 0.25) is 0 Å². The summed E-state index contributed by atoms with van der Waals surface area (Å²) in [6, 6.07) is 1.67. The Hall–Kier alpha value is 1.13. The topological polar surface area (TPSA) is 122 Å². The Labute approximate surface area is 107 Å². The van der Waals surface area contributed by atoms with Gasteiger partial charge in [0.05, 0.1) is 19.1 Å². The van der Waals surface area contributed by atoms with Gasteiger partial charge in [0.25, 0.3) is 0 Å². The largest absolute Gasteiger partial charge is 2.00 e. The molecule has 0 aliphatic carbocycles. The molecule has 0 radical (unpaired) electrons. The second-order valence-corrected chi connectivity index (χ2v) is 2.47. The van der Waals surface area contributed by atoms with Gasteiger partial charge in [0.15, 0.2) is 0 Å². The fourth-order valence-corrected chi connectivity index (χ4v) is 0.539. The van der Waals surface area contributed by atoms with Crippen molar-refractivity contribution in [1.82, 2.24) is 0 Å². The maximum absolute atomic E-state index is 9.87. The molecule has 11 heavy (non-hydrogen) atoms. The monoisotopic (exact) mass is 309 g/mol. The van der Waals surface area contributed by atoms with Gasteiger partial charge >= 0.3 is 56.7 Å². The summed E-state index contributed by atoms with van der Waals surface area (Å²) in [6.45, 7) is -0.221. The number of phosphoric ester groups is 1. The van der Waals surface area contributed by atoms with Gasteiger partial charge in [-0.3, -0.25) is 4.52 Å².